The van der Waals surface area contributed by atoms with E-state index in [0.717, 1.165) is 12.4 Å². The Hall–Kier alpha value is -0.818. The van der Waals surface area contributed by atoms with Crippen LogP contribution in [0.2, 0.25) is 0 Å². The summed E-state index contributed by atoms with van der Waals surface area (Å²) in [5, 5.41) is 9.53. The van der Waals surface area contributed by atoms with E-state index in [9.17, 15) is 13.9 Å². The molecule has 0 atom stereocenters. The van der Waals surface area contributed by atoms with E-state index in [1.807, 2.05) is 27.7 Å². The molecule has 0 unspecified atom stereocenters. The first kappa shape index (κ1) is 30.4. The van der Waals surface area contributed by atoms with Crippen LogP contribution in [0.1, 0.15) is 41.5 Å². The van der Waals surface area contributed by atoms with Gasteiger partial charge in [-0.3, -0.25) is 4.98 Å². The zero-order chi connectivity index (χ0) is 21.7. The van der Waals surface area contributed by atoms with Crippen molar-refractivity contribution in [1.29, 1.82) is 0 Å². The molecule has 2 rings (SSSR count). The Bertz CT molecular complexity index is 617. The standard InChI is InChI=1S/C11H17BFNO2.C5H3BrFN.C3H7O.Li/c1-8(2)15-12(16-9(3)4)11-6-5-10(13)7-14-11;6-5-2-1-4(7)3-8-5;1-3(2)4;/h5-9H,1-4H3;1-3H;3H,1-2H3;/q;;-1;+1. The fraction of sp³-hybridized carbons (Fsp3) is 0.474. The number of hydrogen-bond donors (Lipinski definition) is 0. The summed E-state index contributed by atoms with van der Waals surface area (Å²) in [5.41, 5.74) is 0.587. The molecule has 0 saturated carbocycles. The number of rotatable bonds is 5. The zero-order valence-corrected chi connectivity index (χ0v) is 19.6. The maximum absolute atomic E-state index is 12.7. The molecule has 156 valence electrons. The van der Waals surface area contributed by atoms with E-state index < -0.39 is 13.2 Å². The zero-order valence-electron chi connectivity index (χ0n) is 18.0. The Morgan fingerprint density at radius 3 is 1.55 bits per heavy atom. The topological polar surface area (TPSA) is 67.3 Å². The third kappa shape index (κ3) is 17.7. The van der Waals surface area contributed by atoms with Gasteiger partial charge in [0.05, 0.1) is 18.0 Å². The SMILES string of the molecule is CC(C)OB(OC(C)C)c1ccc(F)cn1.CC(C)[O-].Fc1ccc(Br)nc1.[Li+]. The van der Waals surface area contributed by atoms with Gasteiger partial charge in [-0.25, -0.2) is 13.8 Å². The molecular formula is C19H27BBrF2LiN2O3. The van der Waals surface area contributed by atoms with Crippen LogP contribution in [0.4, 0.5) is 8.78 Å². The van der Waals surface area contributed by atoms with E-state index in [1.54, 1.807) is 26.0 Å². The summed E-state index contributed by atoms with van der Waals surface area (Å²) in [6.07, 6.45) is 1.95. The minimum Gasteiger partial charge on any atom is -0.852 e. The van der Waals surface area contributed by atoms with Gasteiger partial charge in [0.15, 0.2) is 0 Å². The normalized spacial score (nSPS) is 9.97. The van der Waals surface area contributed by atoms with Crippen molar-refractivity contribution in [1.82, 2.24) is 9.97 Å². The van der Waals surface area contributed by atoms with E-state index in [1.165, 1.54) is 12.1 Å². The second kappa shape index (κ2) is 16.9. The molecule has 0 saturated heterocycles. The molecule has 0 bridgehead atoms. The van der Waals surface area contributed by atoms with Crippen molar-refractivity contribution < 1.29 is 42.1 Å². The van der Waals surface area contributed by atoms with Crippen LogP contribution >= 0.6 is 15.9 Å². The summed E-state index contributed by atoms with van der Waals surface area (Å²) in [5.74, 6) is -0.676. The third-order valence-electron chi connectivity index (χ3n) is 2.47. The number of pyridine rings is 2. The van der Waals surface area contributed by atoms with Gasteiger partial charge in [0, 0.05) is 12.2 Å². The Morgan fingerprint density at radius 1 is 0.862 bits per heavy atom. The molecule has 0 fully saturated rings. The van der Waals surface area contributed by atoms with Gasteiger partial charge in [-0.1, -0.05) is 13.8 Å². The fourth-order valence-electron chi connectivity index (χ4n) is 1.55. The van der Waals surface area contributed by atoms with Crippen LogP contribution in [0.25, 0.3) is 0 Å². The summed E-state index contributed by atoms with van der Waals surface area (Å²) in [7, 11) is -0.541. The summed E-state index contributed by atoms with van der Waals surface area (Å²) in [6.45, 7) is 10.9. The summed E-state index contributed by atoms with van der Waals surface area (Å²) < 4.78 is 36.5. The van der Waals surface area contributed by atoms with Crippen molar-refractivity contribution in [2.75, 3.05) is 0 Å². The fourth-order valence-corrected chi connectivity index (χ4v) is 1.78. The van der Waals surface area contributed by atoms with Crippen LogP contribution in [0.5, 0.6) is 0 Å². The van der Waals surface area contributed by atoms with Crippen LogP contribution in [-0.4, -0.2) is 35.4 Å². The van der Waals surface area contributed by atoms with Gasteiger partial charge in [0.25, 0.3) is 0 Å². The van der Waals surface area contributed by atoms with Crippen LogP contribution in [0.3, 0.4) is 0 Å². The molecule has 0 aliphatic carbocycles. The molecule has 0 spiro atoms. The molecule has 0 radical (unpaired) electrons. The van der Waals surface area contributed by atoms with Crippen LogP contribution in [0.15, 0.2) is 41.3 Å². The average Bonchev–Trinajstić information content (AvgIpc) is 2.57. The minimum absolute atomic E-state index is 0. The third-order valence-corrected chi connectivity index (χ3v) is 2.94. The van der Waals surface area contributed by atoms with Crippen LogP contribution < -0.4 is 29.6 Å². The van der Waals surface area contributed by atoms with E-state index >= 15 is 0 Å². The van der Waals surface area contributed by atoms with Gasteiger partial charge in [0.2, 0.25) is 0 Å². The van der Waals surface area contributed by atoms with Crippen LogP contribution in [-0.2, 0) is 9.31 Å². The van der Waals surface area contributed by atoms with Crippen LogP contribution in [0, 0.1) is 11.6 Å². The Morgan fingerprint density at radius 2 is 1.28 bits per heavy atom. The maximum Gasteiger partial charge on any atom is 1.00 e. The van der Waals surface area contributed by atoms with Gasteiger partial charge in [-0.05, 0) is 67.9 Å². The number of nitrogens with zero attached hydrogens (tertiary/aromatic N) is 2. The smallest absolute Gasteiger partial charge is 0.852 e. The average molecular weight is 467 g/mol. The first-order chi connectivity index (χ1) is 13.0. The molecule has 0 aliphatic rings. The molecule has 0 aliphatic heterocycles. The van der Waals surface area contributed by atoms with Gasteiger partial charge in [-0.15, -0.1) is 6.10 Å². The first-order valence-electron chi connectivity index (χ1n) is 8.86. The summed E-state index contributed by atoms with van der Waals surface area (Å²) in [4.78, 5) is 7.58. The van der Waals surface area contributed by atoms with Gasteiger partial charge in [-0.2, -0.15) is 0 Å². The van der Waals surface area contributed by atoms with Crippen molar-refractivity contribution in [2.24, 2.45) is 0 Å². The van der Waals surface area contributed by atoms with Gasteiger partial charge >= 0.3 is 26.0 Å². The molecule has 2 heterocycles. The molecule has 0 N–H and O–H groups in total. The molecule has 10 heteroatoms. The quantitative estimate of drug-likeness (QED) is 0.474. The van der Waals surface area contributed by atoms with Crippen molar-refractivity contribution in [3.8, 4) is 0 Å². The molecule has 2 aromatic heterocycles. The second-order valence-corrected chi connectivity index (χ2v) is 7.26. The maximum atomic E-state index is 12.7. The van der Waals surface area contributed by atoms with Gasteiger partial charge < -0.3 is 14.4 Å². The number of hydrogen-bond acceptors (Lipinski definition) is 5. The Kier molecular flexibility index (Phi) is 17.7. The minimum atomic E-state index is -0.541. The van der Waals surface area contributed by atoms with E-state index in [4.69, 9.17) is 9.31 Å². The molecule has 0 aromatic carbocycles. The Balaban J connectivity index is 0. The van der Waals surface area contributed by atoms with E-state index in [0.29, 0.717) is 10.2 Å². The second-order valence-electron chi connectivity index (χ2n) is 6.45. The van der Waals surface area contributed by atoms with E-state index in [-0.39, 0.29) is 42.7 Å². The molecule has 5 nitrogen and oxygen atoms in total. The predicted molar refractivity (Wildman–Crippen MR) is 109 cm³/mol. The first-order valence-corrected chi connectivity index (χ1v) is 9.65. The molecular weight excluding hydrogens is 440 g/mol. The van der Waals surface area contributed by atoms with Crippen molar-refractivity contribution in [2.45, 2.75) is 59.9 Å². The van der Waals surface area contributed by atoms with Crippen molar-refractivity contribution in [3.05, 3.63) is 52.9 Å². The molecule has 2 aromatic rings. The largest absolute Gasteiger partial charge is 1.00 e. The monoisotopic (exact) mass is 466 g/mol. The van der Waals surface area contributed by atoms with E-state index in [2.05, 4.69) is 25.9 Å². The van der Waals surface area contributed by atoms with Gasteiger partial charge in [0.1, 0.15) is 16.2 Å². The Labute approximate surface area is 193 Å². The molecule has 29 heavy (non-hydrogen) atoms. The summed E-state index contributed by atoms with van der Waals surface area (Å²) >= 11 is 3.07. The summed E-state index contributed by atoms with van der Waals surface area (Å²) in [6, 6.07) is 5.82. The van der Waals surface area contributed by atoms with Crippen molar-refractivity contribution >= 4 is 28.6 Å². The molecule has 0 amide bonds. The number of halogens is 3. The number of aromatic nitrogens is 2. The predicted octanol–water partition coefficient (Wildman–Crippen LogP) is 0.508. The van der Waals surface area contributed by atoms with Crippen molar-refractivity contribution in [3.63, 3.8) is 0 Å².